The highest BCUT2D eigenvalue weighted by atomic mass is 16.5. The molecule has 4 heterocycles. The van der Waals surface area contributed by atoms with Crippen LogP contribution in [-0.2, 0) is 49.5 Å². The molecule has 10 N–H and O–H groups in total. The molecule has 0 saturated carbocycles. The monoisotopic (exact) mass is 947 g/mol. The van der Waals surface area contributed by atoms with Crippen LogP contribution in [0, 0.1) is 17.8 Å². The van der Waals surface area contributed by atoms with E-state index in [1.54, 1.807) is 77.1 Å². The fraction of sp³-hybridized carbons (Fsp3) is 0.553. The smallest absolute Gasteiger partial charge is 0.329 e. The van der Waals surface area contributed by atoms with Gasteiger partial charge in [-0.1, -0.05) is 77.1 Å². The number of piperidine rings is 1. The van der Waals surface area contributed by atoms with Crippen molar-refractivity contribution in [1.82, 2.24) is 41.7 Å². The van der Waals surface area contributed by atoms with Gasteiger partial charge < -0.3 is 57.5 Å². The number of nitrogens with two attached hydrogens (primary N) is 1. The van der Waals surface area contributed by atoms with Gasteiger partial charge in [-0.3, -0.25) is 38.5 Å². The van der Waals surface area contributed by atoms with E-state index in [-0.39, 0.29) is 63.2 Å². The molecule has 4 fully saturated rings. The van der Waals surface area contributed by atoms with Crippen molar-refractivity contribution >= 4 is 53.4 Å². The fourth-order valence-electron chi connectivity index (χ4n) is 8.61. The fourth-order valence-corrected chi connectivity index (χ4v) is 8.61. The topological polar surface area (TPSA) is 308 Å². The van der Waals surface area contributed by atoms with Crippen LogP contribution in [0.2, 0.25) is 0 Å². The molecular formula is C47H65N9O12. The number of phenols is 1. The third-order valence-corrected chi connectivity index (χ3v) is 12.4. The maximum atomic E-state index is 15.0. The number of urea groups is 1. The van der Waals surface area contributed by atoms with Crippen molar-refractivity contribution in [3.63, 3.8) is 0 Å². The molecule has 6 rings (SSSR count). The number of aromatic hydroxyl groups is 1. The van der Waals surface area contributed by atoms with E-state index < -0.39 is 120 Å². The summed E-state index contributed by atoms with van der Waals surface area (Å²) in [5.74, 6) is -7.99. The number of hydrogen-bond donors (Lipinski definition) is 9. The second-order valence-corrected chi connectivity index (χ2v) is 18.5. The lowest BCUT2D eigenvalue weighted by Gasteiger charge is -2.43. The standard InChI is InChI=1S/C47H65N9O12/c1-24(2)21-32-41(61)51-31-18-19-35(58)56(44(31)64)38(28-11-8-7-9-12-28)45(65)55(6)33(23-27-14-16-29(57)17-15-27)42(62)53-36-26(5)22-34(68-46(36)66)37(43(63)52-32)54-40(60)30(50-39(59)25(3)4)13-10-20-49-47(48)67/h7-9,11-12,14-17,24-26,30-38,57-58H,10,13,18-23H2,1-6H3,(H,50,59)(H,51,61)(H,52,63)(H,53,62)(H,54,60)(H3,48,49,67)/t26?,30-,31?,32-,33-,34-,35-,36-,37?,38?/m0/s1. The molecule has 2 aromatic carbocycles. The second kappa shape index (κ2) is 23.3. The number of phenolic OH excluding ortho intramolecular Hbond substituents is 1. The van der Waals surface area contributed by atoms with E-state index in [0.717, 1.165) is 9.80 Å². The number of aliphatic hydroxyl groups is 1. The predicted molar refractivity (Wildman–Crippen MR) is 244 cm³/mol. The average molecular weight is 948 g/mol. The highest BCUT2D eigenvalue weighted by Crippen LogP contribution is 2.32. The summed E-state index contributed by atoms with van der Waals surface area (Å²) in [5.41, 5.74) is 6.01. The summed E-state index contributed by atoms with van der Waals surface area (Å²) in [7, 11) is 1.36. The van der Waals surface area contributed by atoms with Gasteiger partial charge in [-0.25, -0.2) is 9.59 Å². The molecule has 10 atom stereocenters. The Morgan fingerprint density at radius 2 is 1.54 bits per heavy atom. The molecule has 4 unspecified atom stereocenters. The number of esters is 1. The van der Waals surface area contributed by atoms with Crippen molar-refractivity contribution in [3.8, 4) is 5.75 Å². The SMILES string of the molecule is CC(C)C[C@@H]1NC(=O)C(NC(=O)[C@H](CCCNC(N)=O)NC(=O)C(C)C)[C@@H]2CC(C)[C@H](NC(=O)[C@H](Cc3ccc(O)cc3)N(C)C(=O)C(c3ccccc3)N3C(=O)C(CC[C@@H]3O)NC1=O)C(=O)O2. The van der Waals surface area contributed by atoms with Gasteiger partial charge in [0.1, 0.15) is 60.4 Å². The van der Waals surface area contributed by atoms with Gasteiger partial charge >= 0.3 is 12.0 Å². The van der Waals surface area contributed by atoms with Crippen LogP contribution in [-0.4, -0.2) is 136 Å². The number of carbonyl (C=O) groups is 9. The molecular weight excluding hydrogens is 883 g/mol. The van der Waals surface area contributed by atoms with Crippen molar-refractivity contribution in [2.75, 3.05) is 13.6 Å². The molecule has 0 radical (unpaired) electrons. The Morgan fingerprint density at radius 3 is 2.16 bits per heavy atom. The molecule has 4 saturated heterocycles. The first kappa shape index (κ1) is 52.2. The van der Waals surface area contributed by atoms with Crippen LogP contribution in [0.4, 0.5) is 4.79 Å². The van der Waals surface area contributed by atoms with Crippen molar-refractivity contribution in [1.29, 1.82) is 0 Å². The minimum atomic E-state index is -1.67. The number of fused-ring (bicyclic) bond motifs is 12. The Labute approximate surface area is 395 Å². The Bertz CT molecular complexity index is 2170. The molecule has 9 amide bonds. The summed E-state index contributed by atoms with van der Waals surface area (Å²) >= 11 is 0. The van der Waals surface area contributed by atoms with E-state index in [2.05, 4.69) is 31.9 Å². The number of likely N-dealkylation sites (N-methyl/N-ethyl adjacent to an activating group) is 1. The van der Waals surface area contributed by atoms with Crippen molar-refractivity contribution in [3.05, 3.63) is 65.7 Å². The Balaban J connectivity index is 1.60. The van der Waals surface area contributed by atoms with Gasteiger partial charge in [-0.15, -0.1) is 0 Å². The predicted octanol–water partition coefficient (Wildman–Crippen LogP) is -0.0164. The van der Waals surface area contributed by atoms with Crippen molar-refractivity contribution in [2.45, 2.75) is 134 Å². The first-order valence-corrected chi connectivity index (χ1v) is 23.0. The summed E-state index contributed by atoms with van der Waals surface area (Å²) in [6.45, 7) is 8.51. The summed E-state index contributed by atoms with van der Waals surface area (Å²) in [5, 5.41) is 37.4. The number of benzene rings is 2. The van der Waals surface area contributed by atoms with E-state index in [9.17, 15) is 53.4 Å². The molecule has 21 nitrogen and oxygen atoms in total. The number of hydrogen-bond acceptors (Lipinski definition) is 12. The minimum absolute atomic E-state index is 0.0131. The lowest BCUT2D eigenvalue weighted by atomic mass is 9.88. The maximum absolute atomic E-state index is 15.0. The molecule has 4 aliphatic rings. The molecule has 4 bridgehead atoms. The Morgan fingerprint density at radius 1 is 0.868 bits per heavy atom. The maximum Gasteiger partial charge on any atom is 0.329 e. The summed E-state index contributed by atoms with van der Waals surface area (Å²) in [6.07, 6.45) is -3.05. The molecule has 4 aliphatic heterocycles. The van der Waals surface area contributed by atoms with Gasteiger partial charge in [0.05, 0.1) is 0 Å². The zero-order valence-corrected chi connectivity index (χ0v) is 39.2. The van der Waals surface area contributed by atoms with E-state index in [1.165, 1.54) is 19.2 Å². The first-order valence-electron chi connectivity index (χ1n) is 23.0. The number of aliphatic hydroxyl groups excluding tert-OH is 1. The number of nitrogens with one attached hydrogen (secondary N) is 6. The van der Waals surface area contributed by atoms with Crippen molar-refractivity contribution < 1.29 is 58.1 Å². The summed E-state index contributed by atoms with van der Waals surface area (Å²) in [6, 6.07) is 3.54. The second-order valence-electron chi connectivity index (χ2n) is 18.5. The molecule has 0 aliphatic carbocycles. The molecule has 370 valence electrons. The van der Waals surface area contributed by atoms with Crippen LogP contribution < -0.4 is 37.6 Å². The molecule has 2 aromatic rings. The summed E-state index contributed by atoms with van der Waals surface area (Å²) in [4.78, 5) is 128. The molecule has 68 heavy (non-hydrogen) atoms. The van der Waals surface area contributed by atoms with Gasteiger partial charge in [0.2, 0.25) is 35.4 Å². The molecule has 21 heteroatoms. The van der Waals surface area contributed by atoms with Crippen LogP contribution in [0.3, 0.4) is 0 Å². The average Bonchev–Trinajstić information content (AvgIpc) is 3.28. The highest BCUT2D eigenvalue weighted by molar-refractivity contribution is 5.99. The zero-order valence-electron chi connectivity index (χ0n) is 39.2. The Kier molecular flexibility index (Phi) is 17.9. The molecule has 0 spiro atoms. The van der Waals surface area contributed by atoms with Gasteiger partial charge in [0.15, 0.2) is 0 Å². The van der Waals surface area contributed by atoms with Crippen LogP contribution in [0.25, 0.3) is 0 Å². The number of ether oxygens (including phenoxy) is 1. The first-order chi connectivity index (χ1) is 32.2. The van der Waals surface area contributed by atoms with Crippen LogP contribution in [0.15, 0.2) is 54.6 Å². The third-order valence-electron chi connectivity index (χ3n) is 12.4. The van der Waals surface area contributed by atoms with Gasteiger partial charge in [-0.2, -0.15) is 0 Å². The lowest BCUT2D eigenvalue weighted by molar-refractivity contribution is -0.167. The lowest BCUT2D eigenvalue weighted by Crippen LogP contribution is -2.64. The summed E-state index contributed by atoms with van der Waals surface area (Å²) < 4.78 is 5.89. The van der Waals surface area contributed by atoms with Gasteiger partial charge in [-0.05, 0) is 73.6 Å². The number of primary amides is 1. The van der Waals surface area contributed by atoms with Crippen LogP contribution >= 0.6 is 0 Å². The number of rotatable bonds is 13. The van der Waals surface area contributed by atoms with E-state index in [4.69, 9.17) is 10.5 Å². The van der Waals surface area contributed by atoms with E-state index in [0.29, 0.717) is 11.1 Å². The van der Waals surface area contributed by atoms with Crippen LogP contribution in [0.1, 0.15) is 90.3 Å². The largest absolute Gasteiger partial charge is 0.508 e. The Hall–Kier alpha value is -6.77. The third kappa shape index (κ3) is 13.2. The van der Waals surface area contributed by atoms with Gasteiger partial charge in [0.25, 0.3) is 5.91 Å². The number of carbonyl (C=O) groups excluding carboxylic acids is 9. The number of amides is 9. The molecule has 0 aromatic heterocycles. The van der Waals surface area contributed by atoms with Crippen molar-refractivity contribution in [2.24, 2.45) is 23.5 Å². The normalized spacial score (nSPS) is 26.6. The highest BCUT2D eigenvalue weighted by Gasteiger charge is 2.48. The van der Waals surface area contributed by atoms with E-state index >= 15 is 0 Å². The number of nitrogens with zero attached hydrogens (tertiary/aromatic N) is 2. The van der Waals surface area contributed by atoms with Crippen LogP contribution in [0.5, 0.6) is 5.75 Å². The van der Waals surface area contributed by atoms with E-state index in [1.807, 2.05) is 0 Å². The zero-order chi connectivity index (χ0) is 50.0. The van der Waals surface area contributed by atoms with Gasteiger partial charge in [0, 0.05) is 25.9 Å². The minimum Gasteiger partial charge on any atom is -0.508 e. The quantitative estimate of drug-likeness (QED) is 0.0946.